The molecule has 2 aromatic rings. The summed E-state index contributed by atoms with van der Waals surface area (Å²) in [5.41, 5.74) is 0.637. The number of hydrogen-bond acceptors (Lipinski definition) is 2. The van der Waals surface area contributed by atoms with Gasteiger partial charge >= 0.3 is 6.18 Å². The highest BCUT2D eigenvalue weighted by atomic mass is 35.5. The Morgan fingerprint density at radius 1 is 1.12 bits per heavy atom. The molecule has 0 aromatic heterocycles. The summed E-state index contributed by atoms with van der Waals surface area (Å²) in [5, 5.41) is 0.668. The van der Waals surface area contributed by atoms with Gasteiger partial charge in [-0.15, -0.1) is 11.8 Å². The average Bonchev–Trinajstić information content (AvgIpc) is 2.92. The van der Waals surface area contributed by atoms with Gasteiger partial charge in [0.05, 0.1) is 16.1 Å². The van der Waals surface area contributed by atoms with Gasteiger partial charge in [-0.3, -0.25) is 0 Å². The lowest BCUT2D eigenvalue weighted by molar-refractivity contribution is -0.0929. The number of hydrogen-bond donors (Lipinski definition) is 0. The molecule has 1 unspecified atom stereocenters. The minimum Gasteiger partial charge on any atom is -0.324 e. The molecular formula is C17H12ClF4NS. The summed E-state index contributed by atoms with van der Waals surface area (Å²) in [5.74, 6) is -0.612. The summed E-state index contributed by atoms with van der Waals surface area (Å²) in [6.07, 6.45) is -4.46. The molecule has 3 rings (SSSR count). The second-order valence-corrected chi connectivity index (χ2v) is 6.85. The Labute approximate surface area is 145 Å². The molecule has 2 aromatic carbocycles. The van der Waals surface area contributed by atoms with Gasteiger partial charge in [-0.25, -0.2) is 4.39 Å². The molecule has 24 heavy (non-hydrogen) atoms. The summed E-state index contributed by atoms with van der Waals surface area (Å²) < 4.78 is 53.7. The predicted molar refractivity (Wildman–Crippen MR) is 90.5 cm³/mol. The van der Waals surface area contributed by atoms with E-state index in [1.165, 1.54) is 17.0 Å². The third kappa shape index (κ3) is 3.13. The molecule has 0 bridgehead atoms. The van der Waals surface area contributed by atoms with Crippen molar-refractivity contribution in [1.82, 2.24) is 0 Å². The van der Waals surface area contributed by atoms with Crippen LogP contribution in [0.3, 0.4) is 0 Å². The fourth-order valence-corrected chi connectivity index (χ4v) is 3.64. The van der Waals surface area contributed by atoms with Gasteiger partial charge < -0.3 is 4.90 Å². The number of rotatable bonds is 2. The number of halogens is 5. The second-order valence-electron chi connectivity index (χ2n) is 5.25. The van der Waals surface area contributed by atoms with Gasteiger partial charge in [0, 0.05) is 11.0 Å². The Bertz CT molecular complexity index is 803. The maximum atomic E-state index is 13.8. The third-order valence-corrected chi connectivity index (χ3v) is 4.95. The van der Waals surface area contributed by atoms with E-state index in [2.05, 4.69) is 0 Å². The zero-order valence-electron chi connectivity index (χ0n) is 12.4. The van der Waals surface area contributed by atoms with Crippen molar-refractivity contribution in [2.45, 2.75) is 18.5 Å². The fraction of sp³-hybridized carbons (Fsp3) is 0.176. The molecule has 1 aliphatic rings. The van der Waals surface area contributed by atoms with E-state index in [-0.39, 0.29) is 5.02 Å². The molecule has 1 atom stereocenters. The van der Waals surface area contributed by atoms with Crippen LogP contribution in [-0.2, 0) is 0 Å². The van der Waals surface area contributed by atoms with Gasteiger partial charge in [0.15, 0.2) is 0 Å². The van der Waals surface area contributed by atoms with E-state index < -0.39 is 23.1 Å². The first kappa shape index (κ1) is 17.2. The van der Waals surface area contributed by atoms with Crippen LogP contribution in [0.1, 0.15) is 6.92 Å². The number of para-hydroxylation sites is 1. The highest BCUT2D eigenvalue weighted by molar-refractivity contribution is 8.03. The molecule has 0 saturated carbocycles. The van der Waals surface area contributed by atoms with Crippen LogP contribution in [-0.4, -0.2) is 11.6 Å². The van der Waals surface area contributed by atoms with Crippen LogP contribution in [0.4, 0.5) is 23.2 Å². The normalized spacial score (nSPS) is 18.0. The molecule has 0 aliphatic carbocycles. The van der Waals surface area contributed by atoms with Crippen molar-refractivity contribution >= 4 is 29.1 Å². The van der Waals surface area contributed by atoms with Gasteiger partial charge in [0.2, 0.25) is 0 Å². The first-order chi connectivity index (χ1) is 11.3. The van der Waals surface area contributed by atoms with E-state index in [0.717, 1.165) is 17.2 Å². The quantitative estimate of drug-likeness (QED) is 0.556. The third-order valence-electron chi connectivity index (χ3n) is 3.68. The van der Waals surface area contributed by atoms with Crippen molar-refractivity contribution in [2.24, 2.45) is 0 Å². The van der Waals surface area contributed by atoms with Crippen molar-refractivity contribution in [3.63, 3.8) is 0 Å². The maximum absolute atomic E-state index is 13.8. The molecule has 1 nitrogen and oxygen atoms in total. The SMILES string of the molecule is CC1SC=C(C(F)(F)F)N1c1ccccc1-c1ccc(Cl)c(F)c1. The van der Waals surface area contributed by atoms with Crippen LogP contribution in [0, 0.1) is 5.82 Å². The van der Waals surface area contributed by atoms with Gasteiger partial charge in [-0.2, -0.15) is 13.2 Å². The standard InChI is InChI=1S/C17H12ClF4NS/c1-10-23(16(9-24-10)17(20,21)22)15-5-3-2-4-12(15)11-6-7-13(18)14(19)8-11/h2-10H,1H3. The predicted octanol–water partition coefficient (Wildman–Crippen LogP) is 6.45. The number of alkyl halides is 3. The Kier molecular flexibility index (Phi) is 4.53. The Morgan fingerprint density at radius 3 is 2.50 bits per heavy atom. The number of thioether (sulfide) groups is 1. The monoisotopic (exact) mass is 373 g/mol. The van der Waals surface area contributed by atoms with Gasteiger partial charge in [-0.05, 0) is 30.7 Å². The Hall–Kier alpha value is -1.66. The summed E-state index contributed by atoms with van der Waals surface area (Å²) in [6, 6.07) is 10.9. The van der Waals surface area contributed by atoms with Gasteiger partial charge in [0.1, 0.15) is 11.5 Å². The molecule has 7 heteroatoms. The number of anilines is 1. The van der Waals surface area contributed by atoms with Crippen molar-refractivity contribution in [2.75, 3.05) is 4.90 Å². The maximum Gasteiger partial charge on any atom is 0.431 e. The lowest BCUT2D eigenvalue weighted by Gasteiger charge is -2.29. The lowest BCUT2D eigenvalue weighted by atomic mass is 10.0. The summed E-state index contributed by atoms with van der Waals surface area (Å²) in [6.45, 7) is 1.69. The minimum absolute atomic E-state index is 0.0304. The van der Waals surface area contributed by atoms with E-state index in [9.17, 15) is 17.6 Å². The number of nitrogens with zero attached hydrogens (tertiary/aromatic N) is 1. The fourth-order valence-electron chi connectivity index (χ4n) is 2.60. The molecule has 0 radical (unpaired) electrons. The molecule has 0 saturated heterocycles. The Balaban J connectivity index is 2.13. The molecule has 0 amide bonds. The molecule has 126 valence electrons. The summed E-state index contributed by atoms with van der Waals surface area (Å²) in [4.78, 5) is 1.23. The molecule has 0 spiro atoms. The van der Waals surface area contributed by atoms with Crippen molar-refractivity contribution in [1.29, 1.82) is 0 Å². The number of benzene rings is 2. The second kappa shape index (κ2) is 6.33. The molecule has 1 aliphatic heterocycles. The zero-order chi connectivity index (χ0) is 17.5. The molecule has 0 N–H and O–H groups in total. The van der Waals surface area contributed by atoms with Crippen LogP contribution in [0.5, 0.6) is 0 Å². The number of allylic oxidation sites excluding steroid dienone is 1. The van der Waals surface area contributed by atoms with Crippen molar-refractivity contribution in [3.8, 4) is 11.1 Å². The van der Waals surface area contributed by atoms with Crippen LogP contribution in [0.15, 0.2) is 53.6 Å². The molecule has 0 fully saturated rings. The van der Waals surface area contributed by atoms with Crippen molar-refractivity contribution < 1.29 is 17.6 Å². The first-order valence-corrected chi connectivity index (χ1v) is 8.37. The largest absolute Gasteiger partial charge is 0.431 e. The van der Waals surface area contributed by atoms with Crippen LogP contribution < -0.4 is 4.90 Å². The highest BCUT2D eigenvalue weighted by Crippen LogP contribution is 2.45. The van der Waals surface area contributed by atoms with Crippen LogP contribution in [0.25, 0.3) is 11.1 Å². The van der Waals surface area contributed by atoms with Crippen molar-refractivity contribution in [3.05, 3.63) is 64.4 Å². The van der Waals surface area contributed by atoms with E-state index in [0.29, 0.717) is 16.8 Å². The molecule has 1 heterocycles. The molecular weight excluding hydrogens is 362 g/mol. The first-order valence-electron chi connectivity index (χ1n) is 7.05. The van der Waals surface area contributed by atoms with Crippen LogP contribution >= 0.6 is 23.4 Å². The lowest BCUT2D eigenvalue weighted by Crippen LogP contribution is -2.33. The van der Waals surface area contributed by atoms with E-state index in [1.807, 2.05) is 0 Å². The average molecular weight is 374 g/mol. The minimum atomic E-state index is -4.46. The van der Waals surface area contributed by atoms with Gasteiger partial charge in [0.25, 0.3) is 0 Å². The Morgan fingerprint density at radius 2 is 1.83 bits per heavy atom. The van der Waals surface area contributed by atoms with E-state index >= 15 is 0 Å². The van der Waals surface area contributed by atoms with Crippen LogP contribution in [0.2, 0.25) is 5.02 Å². The topological polar surface area (TPSA) is 3.24 Å². The smallest absolute Gasteiger partial charge is 0.324 e. The van der Waals surface area contributed by atoms with E-state index in [4.69, 9.17) is 11.6 Å². The van der Waals surface area contributed by atoms with E-state index in [1.54, 1.807) is 37.3 Å². The summed E-state index contributed by atoms with van der Waals surface area (Å²) >= 11 is 6.79. The highest BCUT2D eigenvalue weighted by Gasteiger charge is 2.43. The zero-order valence-corrected chi connectivity index (χ0v) is 14.0. The summed E-state index contributed by atoms with van der Waals surface area (Å²) in [7, 11) is 0. The van der Waals surface area contributed by atoms with Gasteiger partial charge in [-0.1, -0.05) is 35.9 Å².